The van der Waals surface area contributed by atoms with Crippen molar-refractivity contribution in [1.29, 1.82) is 0 Å². The lowest BCUT2D eigenvalue weighted by atomic mass is 9.98. The molecule has 0 saturated heterocycles. The fourth-order valence-corrected chi connectivity index (χ4v) is 2.38. The predicted octanol–water partition coefficient (Wildman–Crippen LogP) is 0.807. The average Bonchev–Trinajstić information content (AvgIpc) is 3.05. The maximum atomic E-state index is 5.90. The molecule has 1 atom stereocenters. The molecule has 0 radical (unpaired) electrons. The van der Waals surface area contributed by atoms with Crippen LogP contribution in [0.25, 0.3) is 0 Å². The molecule has 1 saturated carbocycles. The van der Waals surface area contributed by atoms with E-state index in [0.717, 1.165) is 6.54 Å². The third-order valence-corrected chi connectivity index (χ3v) is 3.33. The van der Waals surface area contributed by atoms with Crippen LogP contribution in [0.4, 0.5) is 0 Å². The van der Waals surface area contributed by atoms with Crippen molar-refractivity contribution in [1.82, 2.24) is 4.90 Å². The minimum Gasteiger partial charge on any atom is -0.354 e. The van der Waals surface area contributed by atoms with Gasteiger partial charge in [-0.1, -0.05) is 6.92 Å². The van der Waals surface area contributed by atoms with Crippen molar-refractivity contribution in [2.24, 2.45) is 5.73 Å². The van der Waals surface area contributed by atoms with Crippen molar-refractivity contribution in [2.75, 3.05) is 27.3 Å². The summed E-state index contributed by atoms with van der Waals surface area (Å²) in [4.78, 5) is 2.41. The summed E-state index contributed by atoms with van der Waals surface area (Å²) < 4.78 is 10.7. The lowest BCUT2D eigenvalue weighted by Crippen LogP contribution is -2.61. The predicted molar refractivity (Wildman–Crippen MR) is 60.7 cm³/mol. The van der Waals surface area contributed by atoms with Crippen molar-refractivity contribution in [3.8, 4) is 0 Å². The molecule has 4 heteroatoms. The van der Waals surface area contributed by atoms with Crippen molar-refractivity contribution in [3.05, 3.63) is 0 Å². The number of likely N-dealkylation sites (N-methyl/N-ethyl adjacent to an activating group) is 1. The molecule has 0 aliphatic heterocycles. The number of hydrogen-bond donors (Lipinski definition) is 1. The zero-order chi connectivity index (χ0) is 11.5. The van der Waals surface area contributed by atoms with Gasteiger partial charge in [0.05, 0.1) is 5.54 Å². The monoisotopic (exact) mass is 216 g/mol. The summed E-state index contributed by atoms with van der Waals surface area (Å²) in [5.41, 5.74) is 5.68. The van der Waals surface area contributed by atoms with Gasteiger partial charge >= 0.3 is 0 Å². The Bertz CT molecular complexity index is 193. The van der Waals surface area contributed by atoms with Crippen molar-refractivity contribution >= 4 is 0 Å². The number of hydrogen-bond acceptors (Lipinski definition) is 4. The molecule has 1 fully saturated rings. The van der Waals surface area contributed by atoms with Crippen LogP contribution in [-0.4, -0.2) is 50.1 Å². The first-order valence-corrected chi connectivity index (χ1v) is 5.66. The van der Waals surface area contributed by atoms with Crippen LogP contribution in [0.3, 0.4) is 0 Å². The van der Waals surface area contributed by atoms with Gasteiger partial charge in [0.1, 0.15) is 0 Å². The zero-order valence-electron chi connectivity index (χ0n) is 10.3. The Labute approximate surface area is 92.7 Å². The van der Waals surface area contributed by atoms with Gasteiger partial charge in [-0.25, -0.2) is 0 Å². The van der Waals surface area contributed by atoms with E-state index < -0.39 is 0 Å². The second kappa shape index (κ2) is 5.25. The smallest absolute Gasteiger partial charge is 0.176 e. The Hall–Kier alpha value is -0.160. The van der Waals surface area contributed by atoms with Crippen LogP contribution >= 0.6 is 0 Å². The molecular weight excluding hydrogens is 192 g/mol. The van der Waals surface area contributed by atoms with E-state index in [1.54, 1.807) is 14.2 Å². The fraction of sp³-hybridized carbons (Fsp3) is 1.00. The van der Waals surface area contributed by atoms with E-state index in [2.05, 4.69) is 18.7 Å². The summed E-state index contributed by atoms with van der Waals surface area (Å²) in [6, 6.07) is 0.663. The van der Waals surface area contributed by atoms with Gasteiger partial charge in [-0.3, -0.25) is 4.90 Å². The van der Waals surface area contributed by atoms with E-state index in [9.17, 15) is 0 Å². The van der Waals surface area contributed by atoms with Crippen LogP contribution in [0.2, 0.25) is 0 Å². The molecule has 0 aromatic rings. The minimum absolute atomic E-state index is 0.223. The summed E-state index contributed by atoms with van der Waals surface area (Å²) in [6.45, 7) is 5.81. The third-order valence-electron chi connectivity index (χ3n) is 3.33. The van der Waals surface area contributed by atoms with Gasteiger partial charge in [0.15, 0.2) is 6.29 Å². The van der Waals surface area contributed by atoms with Crippen LogP contribution in [-0.2, 0) is 9.47 Å². The molecule has 1 unspecified atom stereocenters. The molecule has 90 valence electrons. The summed E-state index contributed by atoms with van der Waals surface area (Å²) in [5, 5.41) is 0. The highest BCUT2D eigenvalue weighted by Gasteiger charge is 2.45. The topological polar surface area (TPSA) is 47.7 Å². The molecule has 0 heterocycles. The Morgan fingerprint density at radius 3 is 2.20 bits per heavy atom. The first-order chi connectivity index (χ1) is 7.13. The molecular formula is C11H24N2O2. The average molecular weight is 216 g/mol. The van der Waals surface area contributed by atoms with Gasteiger partial charge in [0.2, 0.25) is 0 Å². The van der Waals surface area contributed by atoms with Gasteiger partial charge in [-0.15, -0.1) is 0 Å². The van der Waals surface area contributed by atoms with Crippen LogP contribution in [0, 0.1) is 0 Å². The van der Waals surface area contributed by atoms with Gasteiger partial charge in [0.25, 0.3) is 0 Å². The number of nitrogens with zero attached hydrogens (tertiary/aromatic N) is 1. The van der Waals surface area contributed by atoms with Crippen LogP contribution in [0.5, 0.6) is 0 Å². The molecule has 0 amide bonds. The highest BCUT2D eigenvalue weighted by Crippen LogP contribution is 2.34. The van der Waals surface area contributed by atoms with Crippen LogP contribution in [0.15, 0.2) is 0 Å². The minimum atomic E-state index is -0.261. The molecule has 0 spiro atoms. The van der Waals surface area contributed by atoms with E-state index in [4.69, 9.17) is 15.2 Å². The molecule has 15 heavy (non-hydrogen) atoms. The van der Waals surface area contributed by atoms with Gasteiger partial charge in [-0.05, 0) is 26.3 Å². The summed E-state index contributed by atoms with van der Waals surface area (Å²) in [7, 11) is 3.34. The van der Waals surface area contributed by atoms with Crippen molar-refractivity contribution < 1.29 is 9.47 Å². The van der Waals surface area contributed by atoms with E-state index in [0.29, 0.717) is 12.6 Å². The Morgan fingerprint density at radius 2 is 1.93 bits per heavy atom. The highest BCUT2D eigenvalue weighted by molar-refractivity contribution is 4.98. The first kappa shape index (κ1) is 12.9. The number of ether oxygens (including phenoxy) is 2. The van der Waals surface area contributed by atoms with Crippen molar-refractivity contribution in [3.63, 3.8) is 0 Å². The van der Waals surface area contributed by atoms with E-state index >= 15 is 0 Å². The van der Waals surface area contributed by atoms with Crippen LogP contribution < -0.4 is 5.73 Å². The lowest BCUT2D eigenvalue weighted by molar-refractivity contribution is -0.182. The Kier molecular flexibility index (Phi) is 4.52. The molecule has 0 bridgehead atoms. The normalized spacial score (nSPS) is 21.0. The van der Waals surface area contributed by atoms with E-state index in [1.165, 1.54) is 12.8 Å². The fourth-order valence-electron chi connectivity index (χ4n) is 2.38. The highest BCUT2D eigenvalue weighted by atomic mass is 16.7. The Morgan fingerprint density at radius 1 is 1.40 bits per heavy atom. The second-order valence-electron chi connectivity index (χ2n) is 4.38. The van der Waals surface area contributed by atoms with Gasteiger partial charge in [0, 0.05) is 26.8 Å². The molecule has 1 rings (SSSR count). The van der Waals surface area contributed by atoms with E-state index in [1.807, 2.05) is 0 Å². The summed E-state index contributed by atoms with van der Waals surface area (Å²) in [5.74, 6) is 0. The van der Waals surface area contributed by atoms with Gasteiger partial charge < -0.3 is 15.2 Å². The first-order valence-electron chi connectivity index (χ1n) is 5.66. The zero-order valence-corrected chi connectivity index (χ0v) is 10.3. The quantitative estimate of drug-likeness (QED) is 0.640. The largest absolute Gasteiger partial charge is 0.354 e. The molecule has 0 aromatic heterocycles. The third kappa shape index (κ3) is 2.50. The molecule has 2 N–H and O–H groups in total. The van der Waals surface area contributed by atoms with Gasteiger partial charge in [-0.2, -0.15) is 0 Å². The number of methoxy groups -OCH3 is 2. The molecule has 1 aliphatic carbocycles. The number of nitrogens with two attached hydrogens (primary N) is 1. The molecule has 4 nitrogen and oxygen atoms in total. The summed E-state index contributed by atoms with van der Waals surface area (Å²) >= 11 is 0. The second-order valence-corrected chi connectivity index (χ2v) is 4.38. The summed E-state index contributed by atoms with van der Waals surface area (Å²) in [6.07, 6.45) is 2.27. The Balaban J connectivity index is 2.79. The maximum Gasteiger partial charge on any atom is 0.176 e. The lowest BCUT2D eigenvalue weighted by Gasteiger charge is -2.44. The SMILES string of the molecule is CCN(C1CC1)C(C)(CN)C(OC)OC. The van der Waals surface area contributed by atoms with E-state index in [-0.39, 0.29) is 11.8 Å². The molecule has 0 aromatic carbocycles. The molecule has 1 aliphatic rings. The van der Waals surface area contributed by atoms with Crippen molar-refractivity contribution in [2.45, 2.75) is 44.6 Å². The number of rotatable bonds is 7. The standard InChI is InChI=1S/C11H24N2O2/c1-5-13(9-6-7-9)11(2,8-12)10(14-3)15-4/h9-10H,5-8,12H2,1-4H3. The van der Waals surface area contributed by atoms with Crippen LogP contribution in [0.1, 0.15) is 26.7 Å². The maximum absolute atomic E-state index is 5.90.